The topological polar surface area (TPSA) is 59.8 Å². The van der Waals surface area contributed by atoms with Gasteiger partial charge in [0.15, 0.2) is 11.0 Å². The number of carbonyl (C=O) groups excluding carboxylic acids is 1. The minimum atomic E-state index is -0.295. The molecule has 0 unspecified atom stereocenters. The van der Waals surface area contributed by atoms with Crippen molar-refractivity contribution < 1.29 is 9.18 Å². The molecular formula is C21H21FN4OS. The lowest BCUT2D eigenvalue weighted by Crippen LogP contribution is -2.24. The minimum Gasteiger partial charge on any atom is -0.351 e. The van der Waals surface area contributed by atoms with Crippen LogP contribution in [0.15, 0.2) is 66.3 Å². The largest absolute Gasteiger partial charge is 0.351 e. The van der Waals surface area contributed by atoms with Crippen molar-refractivity contribution in [3.05, 3.63) is 78.1 Å². The summed E-state index contributed by atoms with van der Waals surface area (Å²) in [5.41, 5.74) is 2.96. The van der Waals surface area contributed by atoms with Crippen molar-refractivity contribution in [3.63, 3.8) is 0 Å². The number of rotatable bonds is 8. The number of halogens is 1. The first-order chi connectivity index (χ1) is 13.6. The summed E-state index contributed by atoms with van der Waals surface area (Å²) in [6.07, 6.45) is 1.78. The molecule has 0 saturated carbocycles. The number of aryl methyl sites for hydroxylation is 1. The summed E-state index contributed by atoms with van der Waals surface area (Å²) in [4.78, 5) is 12.2. The van der Waals surface area contributed by atoms with Gasteiger partial charge in [0, 0.05) is 18.7 Å². The van der Waals surface area contributed by atoms with E-state index < -0.39 is 0 Å². The number of aromatic nitrogens is 3. The monoisotopic (exact) mass is 396 g/mol. The van der Waals surface area contributed by atoms with Crippen LogP contribution >= 0.6 is 11.8 Å². The van der Waals surface area contributed by atoms with Crippen LogP contribution in [0.4, 0.5) is 4.39 Å². The molecule has 1 amide bonds. The van der Waals surface area contributed by atoms with Crippen molar-refractivity contribution in [3.8, 4) is 11.4 Å². The smallest absolute Gasteiger partial charge is 0.230 e. The third kappa shape index (κ3) is 5.07. The first kappa shape index (κ1) is 19.8. The van der Waals surface area contributed by atoms with Gasteiger partial charge < -0.3 is 5.32 Å². The maximum Gasteiger partial charge on any atom is 0.230 e. The first-order valence-electron chi connectivity index (χ1n) is 8.82. The predicted octanol–water partition coefficient (Wildman–Crippen LogP) is 3.99. The van der Waals surface area contributed by atoms with Gasteiger partial charge in [-0.1, -0.05) is 53.7 Å². The van der Waals surface area contributed by atoms with Gasteiger partial charge in [0.25, 0.3) is 0 Å². The molecule has 2 aromatic carbocycles. The average Bonchev–Trinajstić information content (AvgIpc) is 3.09. The fraction of sp³-hybridized carbons (Fsp3) is 0.190. The molecule has 7 heteroatoms. The highest BCUT2D eigenvalue weighted by atomic mass is 32.2. The van der Waals surface area contributed by atoms with Crippen molar-refractivity contribution in [1.29, 1.82) is 0 Å². The summed E-state index contributed by atoms with van der Waals surface area (Å²) >= 11 is 1.32. The maximum atomic E-state index is 12.9. The summed E-state index contributed by atoms with van der Waals surface area (Å²) in [6.45, 7) is 6.73. The van der Waals surface area contributed by atoms with Crippen LogP contribution in [-0.2, 0) is 17.9 Å². The lowest BCUT2D eigenvalue weighted by atomic mass is 10.1. The van der Waals surface area contributed by atoms with E-state index >= 15 is 0 Å². The van der Waals surface area contributed by atoms with E-state index in [1.807, 2.05) is 35.8 Å². The Kier molecular flexibility index (Phi) is 6.60. The van der Waals surface area contributed by atoms with E-state index in [0.29, 0.717) is 18.2 Å². The Balaban J connectivity index is 1.64. The summed E-state index contributed by atoms with van der Waals surface area (Å²) in [5, 5.41) is 12.0. The number of hydrogen-bond donors (Lipinski definition) is 1. The zero-order valence-electron chi connectivity index (χ0n) is 15.6. The number of hydrogen-bond acceptors (Lipinski definition) is 4. The number of benzene rings is 2. The summed E-state index contributed by atoms with van der Waals surface area (Å²) in [5.74, 6) is 0.540. The molecule has 1 N–H and O–H groups in total. The van der Waals surface area contributed by atoms with Gasteiger partial charge in [-0.25, -0.2) is 4.39 Å². The second-order valence-corrected chi connectivity index (χ2v) is 7.21. The van der Waals surface area contributed by atoms with Crippen molar-refractivity contribution >= 4 is 17.7 Å². The molecule has 0 spiro atoms. The normalized spacial score (nSPS) is 10.6. The summed E-state index contributed by atoms with van der Waals surface area (Å²) in [6, 6.07) is 14.1. The van der Waals surface area contributed by atoms with Crippen molar-refractivity contribution in [2.75, 3.05) is 5.75 Å². The third-order valence-corrected chi connectivity index (χ3v) is 5.01. The highest BCUT2D eigenvalue weighted by molar-refractivity contribution is 7.99. The number of allylic oxidation sites excluding steroid dienone is 1. The molecule has 1 aromatic heterocycles. The molecule has 0 aliphatic carbocycles. The maximum absolute atomic E-state index is 12.9. The van der Waals surface area contributed by atoms with Gasteiger partial charge >= 0.3 is 0 Å². The van der Waals surface area contributed by atoms with E-state index in [0.717, 1.165) is 22.5 Å². The van der Waals surface area contributed by atoms with Gasteiger partial charge in [-0.2, -0.15) is 0 Å². The van der Waals surface area contributed by atoms with Crippen molar-refractivity contribution in [2.45, 2.75) is 25.2 Å². The van der Waals surface area contributed by atoms with Crippen LogP contribution in [0.2, 0.25) is 0 Å². The number of nitrogens with one attached hydrogen (secondary N) is 1. The minimum absolute atomic E-state index is 0.125. The SMILES string of the molecule is C=CCn1c(SCC(=O)NCc2ccc(F)cc2)nnc1-c1cccc(C)c1. The van der Waals surface area contributed by atoms with E-state index in [4.69, 9.17) is 0 Å². The van der Waals surface area contributed by atoms with Crippen molar-refractivity contribution in [1.82, 2.24) is 20.1 Å². The molecule has 0 aliphatic rings. The van der Waals surface area contributed by atoms with Crippen LogP contribution in [0, 0.1) is 12.7 Å². The Morgan fingerprint density at radius 1 is 1.25 bits per heavy atom. The highest BCUT2D eigenvalue weighted by Crippen LogP contribution is 2.24. The van der Waals surface area contributed by atoms with Crippen LogP contribution in [0.3, 0.4) is 0 Å². The molecule has 0 saturated heterocycles. The molecular weight excluding hydrogens is 375 g/mol. The molecule has 0 fully saturated rings. The molecule has 28 heavy (non-hydrogen) atoms. The fourth-order valence-electron chi connectivity index (χ4n) is 2.67. The quantitative estimate of drug-likeness (QED) is 0.462. The van der Waals surface area contributed by atoms with Gasteiger partial charge in [-0.05, 0) is 30.7 Å². The Morgan fingerprint density at radius 2 is 2.04 bits per heavy atom. The Hall–Kier alpha value is -2.93. The predicted molar refractivity (Wildman–Crippen MR) is 109 cm³/mol. The number of carbonyl (C=O) groups is 1. The van der Waals surface area contributed by atoms with E-state index in [-0.39, 0.29) is 17.5 Å². The van der Waals surface area contributed by atoms with Crippen LogP contribution in [0.25, 0.3) is 11.4 Å². The van der Waals surface area contributed by atoms with Gasteiger partial charge in [-0.3, -0.25) is 9.36 Å². The lowest BCUT2D eigenvalue weighted by molar-refractivity contribution is -0.118. The van der Waals surface area contributed by atoms with E-state index in [1.54, 1.807) is 18.2 Å². The van der Waals surface area contributed by atoms with Gasteiger partial charge in [0.1, 0.15) is 5.82 Å². The molecule has 3 rings (SSSR count). The zero-order chi connectivity index (χ0) is 19.9. The molecule has 3 aromatic rings. The molecule has 0 bridgehead atoms. The number of amides is 1. The number of thioether (sulfide) groups is 1. The second kappa shape index (κ2) is 9.32. The average molecular weight is 396 g/mol. The Bertz CT molecular complexity index is 969. The van der Waals surface area contributed by atoms with Crippen LogP contribution < -0.4 is 5.32 Å². The van der Waals surface area contributed by atoms with E-state index in [9.17, 15) is 9.18 Å². The zero-order valence-corrected chi connectivity index (χ0v) is 16.4. The van der Waals surface area contributed by atoms with Gasteiger partial charge in [0.05, 0.1) is 5.75 Å². The molecule has 5 nitrogen and oxygen atoms in total. The standard InChI is InChI=1S/C21H21FN4OS/c1-3-11-26-20(17-6-4-5-15(2)12-17)24-25-21(26)28-14-19(27)23-13-16-7-9-18(22)10-8-16/h3-10,12H,1,11,13-14H2,2H3,(H,23,27). The van der Waals surface area contributed by atoms with Crippen molar-refractivity contribution in [2.24, 2.45) is 0 Å². The molecule has 0 aliphatic heterocycles. The summed E-state index contributed by atoms with van der Waals surface area (Å²) in [7, 11) is 0. The van der Waals surface area contributed by atoms with Gasteiger partial charge in [-0.15, -0.1) is 16.8 Å². The van der Waals surface area contributed by atoms with E-state index in [2.05, 4.69) is 22.1 Å². The third-order valence-electron chi connectivity index (χ3n) is 4.04. The van der Waals surface area contributed by atoms with Crippen LogP contribution in [0.5, 0.6) is 0 Å². The lowest BCUT2D eigenvalue weighted by Gasteiger charge is -2.09. The number of nitrogens with zero attached hydrogens (tertiary/aromatic N) is 3. The second-order valence-electron chi connectivity index (χ2n) is 6.27. The molecule has 1 heterocycles. The molecule has 144 valence electrons. The van der Waals surface area contributed by atoms with Crippen LogP contribution in [-0.4, -0.2) is 26.4 Å². The first-order valence-corrected chi connectivity index (χ1v) is 9.80. The molecule has 0 atom stereocenters. The Labute approximate surface area is 167 Å². The summed E-state index contributed by atoms with van der Waals surface area (Å²) < 4.78 is 14.9. The fourth-order valence-corrected chi connectivity index (χ4v) is 3.45. The van der Waals surface area contributed by atoms with E-state index in [1.165, 1.54) is 23.9 Å². The Morgan fingerprint density at radius 3 is 2.75 bits per heavy atom. The van der Waals surface area contributed by atoms with Crippen LogP contribution in [0.1, 0.15) is 11.1 Å². The van der Waals surface area contributed by atoms with Gasteiger partial charge in [0.2, 0.25) is 5.91 Å². The molecule has 0 radical (unpaired) electrons. The highest BCUT2D eigenvalue weighted by Gasteiger charge is 2.15.